The van der Waals surface area contributed by atoms with Gasteiger partial charge in [0.15, 0.2) is 0 Å². The minimum absolute atomic E-state index is 0.00939. The Kier molecular flexibility index (Phi) is 10.2. The molecule has 1 unspecified atom stereocenters. The number of anilines is 1. The summed E-state index contributed by atoms with van der Waals surface area (Å²) >= 11 is 19.0. The molecule has 3 aromatic carbocycles. The second kappa shape index (κ2) is 13.5. The summed E-state index contributed by atoms with van der Waals surface area (Å²) < 4.78 is 28.8. The van der Waals surface area contributed by atoms with Gasteiger partial charge in [-0.1, -0.05) is 83.5 Å². The third-order valence-electron chi connectivity index (χ3n) is 7.23. The Hall–Kier alpha value is -2.78. The van der Waals surface area contributed by atoms with Crippen LogP contribution in [-0.4, -0.2) is 43.8 Å². The number of nitrogens with one attached hydrogen (secondary N) is 1. The lowest BCUT2D eigenvalue weighted by atomic mass is 10.1. The van der Waals surface area contributed by atoms with E-state index in [1.54, 1.807) is 55.5 Å². The van der Waals surface area contributed by atoms with Crippen LogP contribution in [0.5, 0.6) is 0 Å². The van der Waals surface area contributed by atoms with Crippen molar-refractivity contribution < 1.29 is 18.0 Å². The van der Waals surface area contributed by atoms with Crippen LogP contribution in [0.2, 0.25) is 15.1 Å². The number of aryl methyl sites for hydroxylation is 1. The number of amides is 2. The number of para-hydroxylation sites is 1. The van der Waals surface area contributed by atoms with Gasteiger partial charge < -0.3 is 10.2 Å². The lowest BCUT2D eigenvalue weighted by molar-refractivity contribution is -0.139. The first-order valence-corrected chi connectivity index (χ1v) is 15.9. The van der Waals surface area contributed by atoms with Crippen LogP contribution in [0.1, 0.15) is 43.7 Å². The third-order valence-corrected chi connectivity index (χ3v) is 9.91. The van der Waals surface area contributed by atoms with E-state index >= 15 is 0 Å². The third kappa shape index (κ3) is 7.55. The van der Waals surface area contributed by atoms with Gasteiger partial charge in [0.2, 0.25) is 11.8 Å². The van der Waals surface area contributed by atoms with Crippen LogP contribution >= 0.6 is 34.8 Å². The number of carbonyl (C=O) groups is 2. The van der Waals surface area contributed by atoms with Gasteiger partial charge in [-0.25, -0.2) is 8.42 Å². The van der Waals surface area contributed by atoms with Crippen LogP contribution in [0.25, 0.3) is 0 Å². The van der Waals surface area contributed by atoms with E-state index in [1.165, 1.54) is 23.1 Å². The van der Waals surface area contributed by atoms with Gasteiger partial charge in [-0.15, -0.1) is 0 Å². The first-order chi connectivity index (χ1) is 19.5. The maximum atomic E-state index is 14.1. The van der Waals surface area contributed by atoms with E-state index < -0.39 is 28.5 Å². The van der Waals surface area contributed by atoms with Gasteiger partial charge in [-0.3, -0.25) is 13.9 Å². The van der Waals surface area contributed by atoms with Crippen LogP contribution < -0.4 is 9.62 Å². The molecule has 1 saturated carbocycles. The number of nitrogens with zero attached hydrogens (tertiary/aromatic N) is 2. The fourth-order valence-electron chi connectivity index (χ4n) is 4.81. The average Bonchev–Trinajstić information content (AvgIpc) is 3.44. The van der Waals surface area contributed by atoms with Gasteiger partial charge in [0.25, 0.3) is 10.0 Å². The molecule has 41 heavy (non-hydrogen) atoms. The monoisotopic (exact) mass is 635 g/mol. The first kappa shape index (κ1) is 31.2. The van der Waals surface area contributed by atoms with Crippen molar-refractivity contribution in [2.24, 2.45) is 0 Å². The highest BCUT2D eigenvalue weighted by Crippen LogP contribution is 2.31. The summed E-state index contributed by atoms with van der Waals surface area (Å²) in [6, 6.07) is 16.8. The molecule has 0 spiro atoms. The highest BCUT2D eigenvalue weighted by Gasteiger charge is 2.34. The zero-order valence-corrected chi connectivity index (χ0v) is 25.9. The first-order valence-electron chi connectivity index (χ1n) is 13.3. The normalized spacial score (nSPS) is 14.5. The van der Waals surface area contributed by atoms with Gasteiger partial charge in [0, 0.05) is 22.6 Å². The molecule has 0 radical (unpaired) electrons. The zero-order valence-electron chi connectivity index (χ0n) is 22.8. The Labute approximate surface area is 256 Å². The molecule has 11 heteroatoms. The van der Waals surface area contributed by atoms with Crippen LogP contribution in [0.3, 0.4) is 0 Å². The minimum Gasteiger partial charge on any atom is -0.352 e. The summed E-state index contributed by atoms with van der Waals surface area (Å²) in [4.78, 5) is 28.7. The van der Waals surface area contributed by atoms with E-state index in [4.69, 9.17) is 34.8 Å². The summed E-state index contributed by atoms with van der Waals surface area (Å²) in [5.41, 5.74) is 1.60. The van der Waals surface area contributed by atoms with E-state index in [2.05, 4.69) is 5.32 Å². The topological polar surface area (TPSA) is 86.8 Å². The molecule has 0 heterocycles. The number of halogens is 3. The van der Waals surface area contributed by atoms with Crippen molar-refractivity contribution in [2.75, 3.05) is 10.8 Å². The Morgan fingerprint density at radius 1 is 0.951 bits per heavy atom. The molecule has 0 bridgehead atoms. The summed E-state index contributed by atoms with van der Waals surface area (Å²) in [5, 5.41) is 3.96. The number of sulfonamides is 1. The number of carbonyl (C=O) groups excluding carboxylic acids is 2. The molecule has 4 rings (SSSR count). The highest BCUT2D eigenvalue weighted by atomic mass is 35.5. The number of rotatable bonds is 10. The number of hydrogen-bond donors (Lipinski definition) is 1. The van der Waals surface area contributed by atoms with Gasteiger partial charge in [-0.05, 0) is 68.7 Å². The summed E-state index contributed by atoms with van der Waals surface area (Å²) in [6.45, 7) is 2.85. The van der Waals surface area contributed by atoms with Crippen LogP contribution in [0.4, 0.5) is 5.69 Å². The molecule has 1 aliphatic carbocycles. The predicted octanol–water partition coefficient (Wildman–Crippen LogP) is 6.63. The molecule has 1 atom stereocenters. The zero-order chi connectivity index (χ0) is 29.7. The van der Waals surface area contributed by atoms with Crippen molar-refractivity contribution in [1.29, 1.82) is 0 Å². The largest absolute Gasteiger partial charge is 0.352 e. The standard InChI is InChI=1S/C30H32Cl3N3O4S/c1-20-11-15-25(16-12-20)41(39,40)36(28-10-6-5-9-26(28)32)19-29(37)35(18-22-13-14-23(31)17-27(22)33)21(2)30(38)34-24-7-3-4-8-24/h5-6,9-17,21,24H,3-4,7-8,18-19H2,1-2H3,(H,34,38). The lowest BCUT2D eigenvalue weighted by Gasteiger charge is -2.33. The Morgan fingerprint density at radius 2 is 1.61 bits per heavy atom. The molecule has 7 nitrogen and oxygen atoms in total. The lowest BCUT2D eigenvalue weighted by Crippen LogP contribution is -2.52. The molecule has 1 N–H and O–H groups in total. The SMILES string of the molecule is Cc1ccc(S(=O)(=O)N(CC(=O)N(Cc2ccc(Cl)cc2Cl)C(C)C(=O)NC2CCCC2)c2ccccc2Cl)cc1. The van der Waals surface area contributed by atoms with E-state index in [0.29, 0.717) is 15.6 Å². The Balaban J connectivity index is 1.71. The van der Waals surface area contributed by atoms with Crippen molar-refractivity contribution >= 4 is 62.3 Å². The van der Waals surface area contributed by atoms with Crippen LogP contribution in [0.15, 0.2) is 71.6 Å². The highest BCUT2D eigenvalue weighted by molar-refractivity contribution is 7.92. The van der Waals surface area contributed by atoms with Gasteiger partial charge >= 0.3 is 0 Å². The van der Waals surface area contributed by atoms with Gasteiger partial charge in [-0.2, -0.15) is 0 Å². The maximum Gasteiger partial charge on any atom is 0.264 e. The number of hydrogen-bond acceptors (Lipinski definition) is 4. The molecular weight excluding hydrogens is 605 g/mol. The van der Waals surface area contributed by atoms with Crippen molar-refractivity contribution in [1.82, 2.24) is 10.2 Å². The van der Waals surface area contributed by atoms with E-state index in [-0.39, 0.29) is 34.1 Å². The van der Waals surface area contributed by atoms with Crippen LogP contribution in [0, 0.1) is 6.92 Å². The quantitative estimate of drug-likeness (QED) is 0.271. The fraction of sp³-hybridized carbons (Fsp3) is 0.333. The van der Waals surface area contributed by atoms with Crippen molar-refractivity contribution in [3.05, 3.63) is 92.9 Å². The second-order valence-electron chi connectivity index (χ2n) is 10.2. The molecular formula is C30H32Cl3N3O4S. The smallest absolute Gasteiger partial charge is 0.264 e. The van der Waals surface area contributed by atoms with E-state index in [9.17, 15) is 18.0 Å². The molecule has 1 aliphatic rings. The molecule has 3 aromatic rings. The van der Waals surface area contributed by atoms with Gasteiger partial charge in [0.05, 0.1) is 15.6 Å². The number of benzene rings is 3. The van der Waals surface area contributed by atoms with Crippen molar-refractivity contribution in [2.45, 2.75) is 63.1 Å². The average molecular weight is 637 g/mol. The molecule has 0 saturated heterocycles. The molecule has 1 fully saturated rings. The molecule has 2 amide bonds. The minimum atomic E-state index is -4.22. The van der Waals surface area contributed by atoms with Crippen LogP contribution in [-0.2, 0) is 26.2 Å². The van der Waals surface area contributed by atoms with Gasteiger partial charge in [0.1, 0.15) is 12.6 Å². The second-order valence-corrected chi connectivity index (χ2v) is 13.3. The molecule has 218 valence electrons. The molecule has 0 aromatic heterocycles. The predicted molar refractivity (Wildman–Crippen MR) is 164 cm³/mol. The Morgan fingerprint density at radius 3 is 2.24 bits per heavy atom. The summed E-state index contributed by atoms with van der Waals surface area (Å²) in [5.74, 6) is -0.915. The van der Waals surface area contributed by atoms with E-state index in [1.807, 2.05) is 6.92 Å². The van der Waals surface area contributed by atoms with Crippen molar-refractivity contribution in [3.63, 3.8) is 0 Å². The maximum absolute atomic E-state index is 14.1. The van der Waals surface area contributed by atoms with Crippen molar-refractivity contribution in [3.8, 4) is 0 Å². The Bertz CT molecular complexity index is 1510. The van der Waals surface area contributed by atoms with E-state index in [0.717, 1.165) is 35.6 Å². The fourth-order valence-corrected chi connectivity index (χ4v) is 7.00. The summed E-state index contributed by atoms with van der Waals surface area (Å²) in [6.07, 6.45) is 3.83. The molecule has 0 aliphatic heterocycles. The summed E-state index contributed by atoms with van der Waals surface area (Å²) in [7, 11) is -4.22.